The molecule has 0 fully saturated rings. The van der Waals surface area contributed by atoms with Crippen molar-refractivity contribution in [2.24, 2.45) is 0 Å². The van der Waals surface area contributed by atoms with Gasteiger partial charge in [-0.05, 0) is 28.7 Å². The quantitative estimate of drug-likeness (QED) is 0.272. The third-order valence-electron chi connectivity index (χ3n) is 4.86. The Morgan fingerprint density at radius 3 is 2.68 bits per heavy atom. The molecule has 2 amide bonds. The van der Waals surface area contributed by atoms with Crippen molar-refractivity contribution in [2.45, 2.75) is 26.2 Å². The van der Waals surface area contributed by atoms with Gasteiger partial charge in [-0.1, -0.05) is 35.5 Å². The molecule has 0 radical (unpaired) electrons. The number of carbonyl (C=O) groups is 1. The van der Waals surface area contributed by atoms with Crippen LogP contribution >= 0.6 is 0 Å². The first-order valence-corrected chi connectivity index (χ1v) is 10.4. The smallest absolute Gasteiger partial charge is 0.343 e. The maximum Gasteiger partial charge on any atom is 0.343 e. The van der Waals surface area contributed by atoms with Gasteiger partial charge in [-0.2, -0.15) is 0 Å². The number of nitrogens with one attached hydrogen (secondary N) is 2. The number of benzene rings is 1. The number of hydrogen-bond donors (Lipinski definition) is 2. The Morgan fingerprint density at radius 1 is 1.09 bits per heavy atom. The minimum absolute atomic E-state index is 0.129. The van der Waals surface area contributed by atoms with Crippen LogP contribution in [-0.2, 0) is 26.2 Å². The van der Waals surface area contributed by atoms with Crippen LogP contribution in [0.5, 0.6) is 0 Å². The van der Waals surface area contributed by atoms with Crippen molar-refractivity contribution < 1.29 is 14.1 Å². The van der Waals surface area contributed by atoms with E-state index in [4.69, 9.17) is 4.42 Å². The molecule has 0 atom stereocenters. The van der Waals surface area contributed by atoms with Gasteiger partial charge >= 0.3 is 11.8 Å². The van der Waals surface area contributed by atoms with Crippen LogP contribution in [0.2, 0.25) is 0 Å². The van der Waals surface area contributed by atoms with E-state index < -0.39 is 4.92 Å². The summed E-state index contributed by atoms with van der Waals surface area (Å²) in [5, 5.41) is 25.0. The summed E-state index contributed by atoms with van der Waals surface area (Å²) in [5.74, 6) is 0.898. The van der Waals surface area contributed by atoms with E-state index in [0.717, 1.165) is 5.56 Å². The Labute approximate surface area is 194 Å². The van der Waals surface area contributed by atoms with Gasteiger partial charge in [-0.15, -0.1) is 5.10 Å². The second kappa shape index (κ2) is 10.7. The molecule has 0 saturated heterocycles. The number of urea groups is 1. The van der Waals surface area contributed by atoms with E-state index >= 15 is 0 Å². The van der Waals surface area contributed by atoms with E-state index in [-0.39, 0.29) is 24.9 Å². The van der Waals surface area contributed by atoms with Gasteiger partial charge in [0.2, 0.25) is 5.82 Å². The van der Waals surface area contributed by atoms with E-state index in [0.29, 0.717) is 30.4 Å². The van der Waals surface area contributed by atoms with Gasteiger partial charge in [0.1, 0.15) is 24.2 Å². The van der Waals surface area contributed by atoms with E-state index in [1.807, 2.05) is 30.3 Å². The maximum atomic E-state index is 12.0. The number of aryl methyl sites for hydroxylation is 1. The molecule has 0 bridgehead atoms. The summed E-state index contributed by atoms with van der Waals surface area (Å²) < 4.78 is 8.28. The third-order valence-corrected chi connectivity index (χ3v) is 4.86. The molecular weight excluding hydrogens is 440 g/mol. The number of carbonyl (C=O) groups excluding carboxylic acids is 1. The zero-order valence-corrected chi connectivity index (χ0v) is 18.1. The third kappa shape index (κ3) is 5.94. The number of imidazole rings is 1. The largest absolute Gasteiger partial charge is 0.465 e. The Balaban J connectivity index is 1.31. The first kappa shape index (κ1) is 22.5. The molecule has 4 aromatic rings. The van der Waals surface area contributed by atoms with E-state index in [1.165, 1.54) is 10.8 Å². The SMILES string of the molecule is O=C(NCc1ccccc1)NCc1cn(CCn2c([N+](=O)[O-])cnc2C=Cc2ccco2)nn1. The van der Waals surface area contributed by atoms with Crippen molar-refractivity contribution in [3.05, 3.63) is 94.1 Å². The Bertz CT molecular complexity index is 1260. The molecule has 0 aliphatic carbocycles. The summed E-state index contributed by atoms with van der Waals surface area (Å²) in [4.78, 5) is 27.0. The van der Waals surface area contributed by atoms with E-state index in [9.17, 15) is 14.9 Å². The molecule has 3 aromatic heterocycles. The number of amides is 2. The second-order valence-corrected chi connectivity index (χ2v) is 7.23. The molecule has 34 heavy (non-hydrogen) atoms. The van der Waals surface area contributed by atoms with Crippen LogP contribution in [0.15, 0.2) is 65.5 Å². The molecule has 12 heteroatoms. The zero-order chi connectivity index (χ0) is 23.8. The highest BCUT2D eigenvalue weighted by Gasteiger charge is 2.19. The predicted molar refractivity (Wildman–Crippen MR) is 122 cm³/mol. The van der Waals surface area contributed by atoms with Gasteiger partial charge in [0.25, 0.3) is 0 Å². The number of nitrogens with zero attached hydrogens (tertiary/aromatic N) is 6. The fourth-order valence-electron chi connectivity index (χ4n) is 3.17. The van der Waals surface area contributed by atoms with Crippen molar-refractivity contribution in [2.75, 3.05) is 0 Å². The summed E-state index contributed by atoms with van der Waals surface area (Å²) in [6.07, 6.45) is 7.77. The van der Waals surface area contributed by atoms with Crippen molar-refractivity contribution in [1.82, 2.24) is 35.2 Å². The van der Waals surface area contributed by atoms with Crippen LogP contribution in [0.3, 0.4) is 0 Å². The summed E-state index contributed by atoms with van der Waals surface area (Å²) in [5.41, 5.74) is 1.56. The first-order valence-electron chi connectivity index (χ1n) is 10.4. The van der Waals surface area contributed by atoms with Crippen LogP contribution in [0.4, 0.5) is 10.6 Å². The maximum absolute atomic E-state index is 12.0. The lowest BCUT2D eigenvalue weighted by Crippen LogP contribution is -2.34. The number of nitro groups is 1. The summed E-state index contributed by atoms with van der Waals surface area (Å²) in [6.45, 7) is 1.19. The van der Waals surface area contributed by atoms with E-state index in [2.05, 4.69) is 25.9 Å². The minimum atomic E-state index is -0.484. The predicted octanol–water partition coefficient (Wildman–Crippen LogP) is 2.85. The average Bonchev–Trinajstić information content (AvgIpc) is 3.60. The Hall–Kier alpha value is -4.74. The van der Waals surface area contributed by atoms with Gasteiger partial charge < -0.3 is 25.2 Å². The average molecular weight is 462 g/mol. The van der Waals surface area contributed by atoms with Gasteiger partial charge in [0.15, 0.2) is 0 Å². The number of hydrogen-bond acceptors (Lipinski definition) is 7. The molecule has 2 N–H and O–H groups in total. The second-order valence-electron chi connectivity index (χ2n) is 7.23. The fraction of sp³-hybridized carbons (Fsp3) is 0.182. The monoisotopic (exact) mass is 462 g/mol. The molecule has 12 nitrogen and oxygen atoms in total. The molecule has 1 aromatic carbocycles. The molecular formula is C22H22N8O4. The topological polar surface area (TPSA) is 146 Å². The number of aromatic nitrogens is 5. The normalized spacial score (nSPS) is 11.1. The highest BCUT2D eigenvalue weighted by molar-refractivity contribution is 5.73. The van der Waals surface area contributed by atoms with Crippen LogP contribution in [-0.4, -0.2) is 35.5 Å². The van der Waals surface area contributed by atoms with Gasteiger partial charge in [-0.3, -0.25) is 0 Å². The molecule has 0 aliphatic heterocycles. The Morgan fingerprint density at radius 2 is 1.91 bits per heavy atom. The van der Waals surface area contributed by atoms with Crippen LogP contribution < -0.4 is 10.6 Å². The van der Waals surface area contributed by atoms with E-state index in [1.54, 1.807) is 41.4 Å². The Kier molecular flexibility index (Phi) is 7.08. The number of furan rings is 1. The molecule has 0 unspecified atom stereocenters. The molecule has 0 spiro atoms. The summed E-state index contributed by atoms with van der Waals surface area (Å²) in [6, 6.07) is 12.8. The minimum Gasteiger partial charge on any atom is -0.465 e. The molecule has 174 valence electrons. The molecule has 0 aliphatic rings. The van der Waals surface area contributed by atoms with Crippen molar-refractivity contribution in [1.29, 1.82) is 0 Å². The van der Waals surface area contributed by atoms with Crippen molar-refractivity contribution in [3.8, 4) is 0 Å². The van der Waals surface area contributed by atoms with Crippen molar-refractivity contribution >= 4 is 24.0 Å². The lowest BCUT2D eigenvalue weighted by Gasteiger charge is -2.06. The molecule has 0 saturated carbocycles. The van der Waals surface area contributed by atoms with Crippen molar-refractivity contribution in [3.63, 3.8) is 0 Å². The fourth-order valence-corrected chi connectivity index (χ4v) is 3.17. The standard InChI is InChI=1S/C22H22N8O4/c31-22(24-13-17-5-2-1-3-6-17)25-14-18-16-28(27-26-18)10-11-29-20(23-15-21(29)30(32)33)9-8-19-7-4-12-34-19/h1-9,12,15-16H,10-11,13-14H2,(H2,24,25,31). The van der Waals surface area contributed by atoms with Gasteiger partial charge in [-0.25, -0.2) is 19.0 Å². The highest BCUT2D eigenvalue weighted by Crippen LogP contribution is 2.17. The first-order chi connectivity index (χ1) is 16.6. The van der Waals surface area contributed by atoms with Crippen LogP contribution in [0.25, 0.3) is 12.2 Å². The summed E-state index contributed by atoms with van der Waals surface area (Å²) >= 11 is 0. The van der Waals surface area contributed by atoms with Crippen LogP contribution in [0.1, 0.15) is 22.8 Å². The lowest BCUT2D eigenvalue weighted by atomic mass is 10.2. The van der Waals surface area contributed by atoms with Gasteiger partial charge in [0, 0.05) is 12.6 Å². The zero-order valence-electron chi connectivity index (χ0n) is 18.1. The molecule has 3 heterocycles. The van der Waals surface area contributed by atoms with Gasteiger partial charge in [0.05, 0.1) is 25.5 Å². The van der Waals surface area contributed by atoms with Crippen LogP contribution in [0, 0.1) is 10.1 Å². The number of rotatable bonds is 10. The summed E-state index contributed by atoms with van der Waals surface area (Å²) in [7, 11) is 0. The molecule has 4 rings (SSSR count). The lowest BCUT2D eigenvalue weighted by molar-refractivity contribution is -0.392. The highest BCUT2D eigenvalue weighted by atomic mass is 16.6.